The summed E-state index contributed by atoms with van der Waals surface area (Å²) in [6.45, 7) is 3.19. The molecule has 1 amide bonds. The summed E-state index contributed by atoms with van der Waals surface area (Å²) >= 11 is 0. The molecule has 5 heteroatoms. The number of carbonyl (C=O) groups excluding carboxylic acids is 1. The number of hydrogen-bond acceptors (Lipinski definition) is 4. The lowest BCUT2D eigenvalue weighted by Crippen LogP contribution is -2.08. The molecule has 0 fully saturated rings. The maximum absolute atomic E-state index is 11.2. The van der Waals surface area contributed by atoms with E-state index >= 15 is 0 Å². The fraction of sp³-hybridized carbons (Fsp3) is 0.364. The molecule has 5 nitrogen and oxygen atoms in total. The van der Waals surface area contributed by atoms with Gasteiger partial charge in [0.05, 0.1) is 6.92 Å². The van der Waals surface area contributed by atoms with Crippen LogP contribution in [0.15, 0.2) is 40.9 Å². The van der Waals surface area contributed by atoms with Crippen LogP contribution in [0.4, 0.5) is 0 Å². The van der Waals surface area contributed by atoms with Crippen LogP contribution in [0.3, 0.4) is 0 Å². The monoisotopic (exact) mass is 221 g/mol. The van der Waals surface area contributed by atoms with E-state index < -0.39 is 5.91 Å². The number of nitrogens with one attached hydrogen (secondary N) is 1. The standard InChI is InChI=1S/C11H15N3O2/c1-3-4-11(13-14(16)9(2)15)10-5-7-12-8-6-10/h5-8,12H,3-4H2,1-2H3. The van der Waals surface area contributed by atoms with E-state index in [2.05, 4.69) is 10.4 Å². The Hall–Kier alpha value is -1.91. The van der Waals surface area contributed by atoms with Gasteiger partial charge in [-0.2, -0.15) is 0 Å². The van der Waals surface area contributed by atoms with Gasteiger partial charge in [-0.15, -0.1) is 0 Å². The zero-order valence-electron chi connectivity index (χ0n) is 9.43. The summed E-state index contributed by atoms with van der Waals surface area (Å²) in [6.07, 6.45) is 8.68. The Labute approximate surface area is 94.4 Å². The lowest BCUT2D eigenvalue weighted by atomic mass is 10.1. The molecule has 1 heterocycles. The van der Waals surface area contributed by atoms with Crippen molar-refractivity contribution in [3.8, 4) is 0 Å². The number of amides is 1. The van der Waals surface area contributed by atoms with Gasteiger partial charge in [-0.1, -0.05) is 13.3 Å². The van der Waals surface area contributed by atoms with E-state index in [0.29, 0.717) is 12.1 Å². The lowest BCUT2D eigenvalue weighted by molar-refractivity contribution is -0.445. The molecule has 0 spiro atoms. The number of azo groups is 1. The van der Waals surface area contributed by atoms with Gasteiger partial charge in [0.1, 0.15) is 5.70 Å². The minimum atomic E-state index is -0.615. The molecule has 16 heavy (non-hydrogen) atoms. The van der Waals surface area contributed by atoms with E-state index in [4.69, 9.17) is 0 Å². The molecule has 86 valence electrons. The Morgan fingerprint density at radius 1 is 1.50 bits per heavy atom. The van der Waals surface area contributed by atoms with Crippen molar-refractivity contribution in [2.24, 2.45) is 5.11 Å². The number of allylic oxidation sites excluding steroid dienone is 4. The van der Waals surface area contributed by atoms with Gasteiger partial charge in [-0.05, 0) is 23.4 Å². The van der Waals surface area contributed by atoms with Crippen LogP contribution in [0.1, 0.15) is 26.7 Å². The van der Waals surface area contributed by atoms with Gasteiger partial charge < -0.3 is 10.5 Å². The molecule has 0 aromatic rings. The van der Waals surface area contributed by atoms with Crippen LogP contribution >= 0.6 is 0 Å². The number of hydroxylamine groups is 1. The van der Waals surface area contributed by atoms with E-state index in [1.165, 1.54) is 6.92 Å². The summed E-state index contributed by atoms with van der Waals surface area (Å²) in [5.74, 6) is -0.615. The molecule has 0 aromatic carbocycles. The van der Waals surface area contributed by atoms with Crippen molar-refractivity contribution < 1.29 is 9.66 Å². The molecular formula is C11H15N3O2. The van der Waals surface area contributed by atoms with E-state index in [-0.39, 0.29) is 4.86 Å². The average molecular weight is 221 g/mol. The van der Waals surface area contributed by atoms with E-state index in [1.54, 1.807) is 12.4 Å². The van der Waals surface area contributed by atoms with Gasteiger partial charge in [0, 0.05) is 23.1 Å². The SMILES string of the molecule is CCCC(N=[N+]([O-])C(C)=O)=C1C=CNC=C1. The van der Waals surface area contributed by atoms with Crippen LogP contribution in [0.25, 0.3) is 0 Å². The van der Waals surface area contributed by atoms with Gasteiger partial charge in [-0.3, -0.25) is 0 Å². The number of nitrogens with zero attached hydrogens (tertiary/aromatic N) is 2. The van der Waals surface area contributed by atoms with Crippen LogP contribution in [0.5, 0.6) is 0 Å². The first-order valence-electron chi connectivity index (χ1n) is 5.17. The van der Waals surface area contributed by atoms with Crippen LogP contribution < -0.4 is 5.32 Å². The molecule has 1 N–H and O–H groups in total. The van der Waals surface area contributed by atoms with Gasteiger partial charge >= 0.3 is 5.91 Å². The maximum atomic E-state index is 11.2. The quantitative estimate of drug-likeness (QED) is 0.451. The van der Waals surface area contributed by atoms with Crippen molar-refractivity contribution in [1.29, 1.82) is 0 Å². The third-order valence-corrected chi connectivity index (χ3v) is 2.02. The zero-order chi connectivity index (χ0) is 12.0. The second-order valence-corrected chi connectivity index (χ2v) is 3.38. The van der Waals surface area contributed by atoms with Crippen LogP contribution in [-0.2, 0) is 4.79 Å². The van der Waals surface area contributed by atoms with Gasteiger partial charge in [0.2, 0.25) is 0 Å². The van der Waals surface area contributed by atoms with Crippen LogP contribution in [0.2, 0.25) is 0 Å². The third kappa shape index (κ3) is 3.34. The molecule has 1 aliphatic rings. The van der Waals surface area contributed by atoms with Crippen molar-refractivity contribution in [2.45, 2.75) is 26.7 Å². The predicted molar refractivity (Wildman–Crippen MR) is 60.1 cm³/mol. The normalized spacial score (nSPS) is 14.9. The minimum Gasteiger partial charge on any atom is -0.592 e. The first-order chi connectivity index (χ1) is 7.65. The third-order valence-electron chi connectivity index (χ3n) is 2.02. The van der Waals surface area contributed by atoms with E-state index in [0.717, 1.165) is 12.0 Å². The summed E-state index contributed by atoms with van der Waals surface area (Å²) in [5.41, 5.74) is 1.48. The Morgan fingerprint density at radius 3 is 2.62 bits per heavy atom. The summed E-state index contributed by atoms with van der Waals surface area (Å²) in [7, 11) is 0. The van der Waals surface area contributed by atoms with Crippen molar-refractivity contribution >= 4 is 5.91 Å². The molecule has 0 aliphatic carbocycles. The second-order valence-electron chi connectivity index (χ2n) is 3.38. The fourth-order valence-electron chi connectivity index (χ4n) is 1.25. The highest BCUT2D eigenvalue weighted by atomic mass is 16.5. The second kappa shape index (κ2) is 5.85. The Morgan fingerprint density at radius 2 is 2.12 bits per heavy atom. The highest BCUT2D eigenvalue weighted by Crippen LogP contribution is 2.17. The molecule has 1 rings (SSSR count). The number of dihydropyridines is 1. The zero-order valence-corrected chi connectivity index (χ0v) is 9.43. The molecule has 0 saturated heterocycles. The molecule has 0 bridgehead atoms. The first kappa shape index (κ1) is 12.2. The summed E-state index contributed by atoms with van der Waals surface area (Å²) in [4.78, 5) is 10.9. The molecule has 0 unspecified atom stereocenters. The largest absolute Gasteiger partial charge is 0.592 e. The average Bonchev–Trinajstić information content (AvgIpc) is 2.29. The van der Waals surface area contributed by atoms with Crippen LogP contribution in [-0.4, -0.2) is 10.8 Å². The van der Waals surface area contributed by atoms with Crippen molar-refractivity contribution in [1.82, 2.24) is 5.32 Å². The smallest absolute Gasteiger partial charge is 0.420 e. The molecular weight excluding hydrogens is 206 g/mol. The minimum absolute atomic E-state index is 0.127. The maximum Gasteiger partial charge on any atom is 0.420 e. The summed E-state index contributed by atoms with van der Waals surface area (Å²) < 4.78 is 0. The Bertz CT molecular complexity index is 378. The number of rotatable bonds is 3. The van der Waals surface area contributed by atoms with Gasteiger partial charge in [0.15, 0.2) is 0 Å². The Balaban J connectivity index is 3.03. The van der Waals surface area contributed by atoms with Crippen molar-refractivity contribution in [2.75, 3.05) is 0 Å². The summed E-state index contributed by atoms with van der Waals surface area (Å²) in [6, 6.07) is 0. The topological polar surface area (TPSA) is 67.5 Å². The fourth-order valence-corrected chi connectivity index (χ4v) is 1.25. The van der Waals surface area contributed by atoms with E-state index in [9.17, 15) is 10.0 Å². The molecule has 0 saturated carbocycles. The first-order valence-corrected chi connectivity index (χ1v) is 5.17. The predicted octanol–water partition coefficient (Wildman–Crippen LogP) is 2.18. The van der Waals surface area contributed by atoms with Gasteiger partial charge in [-0.25, -0.2) is 4.79 Å². The Kier molecular flexibility index (Phi) is 4.44. The highest BCUT2D eigenvalue weighted by molar-refractivity contribution is 5.63. The highest BCUT2D eigenvalue weighted by Gasteiger charge is 2.09. The molecule has 0 atom stereocenters. The van der Waals surface area contributed by atoms with E-state index in [1.807, 2.05) is 19.1 Å². The van der Waals surface area contributed by atoms with Crippen molar-refractivity contribution in [3.63, 3.8) is 0 Å². The van der Waals surface area contributed by atoms with Gasteiger partial charge in [0.25, 0.3) is 0 Å². The number of hydrogen-bond donors (Lipinski definition) is 1. The lowest BCUT2D eigenvalue weighted by Gasteiger charge is -2.05. The number of carbonyl (C=O) groups is 1. The molecule has 1 aliphatic heterocycles. The van der Waals surface area contributed by atoms with Crippen LogP contribution in [0, 0.1) is 5.21 Å². The summed E-state index contributed by atoms with van der Waals surface area (Å²) in [5, 5.41) is 17.8. The van der Waals surface area contributed by atoms with Crippen molar-refractivity contribution in [3.05, 3.63) is 41.0 Å². The molecule has 0 aromatic heterocycles. The molecule has 0 radical (unpaired) electrons.